The largest absolute Gasteiger partial charge is 0.336 e. The van der Waals surface area contributed by atoms with Crippen LogP contribution in [0.25, 0.3) is 0 Å². The Morgan fingerprint density at radius 1 is 0.960 bits per heavy atom. The number of hydrogen-bond acceptors (Lipinski definition) is 3. The summed E-state index contributed by atoms with van der Waals surface area (Å²) in [4.78, 5) is 18.5. The summed E-state index contributed by atoms with van der Waals surface area (Å²) >= 11 is 1.90. The van der Waals surface area contributed by atoms with E-state index in [1.54, 1.807) is 0 Å². The number of benzene rings is 2. The highest BCUT2D eigenvalue weighted by Gasteiger charge is 2.22. The van der Waals surface area contributed by atoms with Crippen LogP contribution >= 0.6 is 11.8 Å². The van der Waals surface area contributed by atoms with Crippen LogP contribution in [-0.2, 0) is 0 Å². The molecule has 132 valence electrons. The summed E-state index contributed by atoms with van der Waals surface area (Å²) in [5.74, 6) is 1.26. The Kier molecular flexibility index (Phi) is 6.16. The summed E-state index contributed by atoms with van der Waals surface area (Å²) in [6.07, 6.45) is 0. The lowest BCUT2D eigenvalue weighted by atomic mass is 10.1. The van der Waals surface area contributed by atoms with Crippen LogP contribution in [0.1, 0.15) is 21.5 Å². The first kappa shape index (κ1) is 18.0. The highest BCUT2D eigenvalue weighted by atomic mass is 32.2. The molecule has 0 atom stereocenters. The van der Waals surface area contributed by atoms with Crippen LogP contribution in [0.15, 0.2) is 53.4 Å². The molecule has 2 aromatic rings. The molecule has 1 aliphatic rings. The second-order valence-electron chi connectivity index (χ2n) is 6.67. The van der Waals surface area contributed by atoms with Crippen molar-refractivity contribution in [3.05, 3.63) is 65.2 Å². The van der Waals surface area contributed by atoms with Gasteiger partial charge in [0.1, 0.15) is 0 Å². The zero-order chi connectivity index (χ0) is 17.6. The van der Waals surface area contributed by atoms with Gasteiger partial charge in [-0.2, -0.15) is 0 Å². The maximum atomic E-state index is 12.7. The van der Waals surface area contributed by atoms with Gasteiger partial charge in [0, 0.05) is 48.9 Å². The van der Waals surface area contributed by atoms with Crippen LogP contribution in [0.5, 0.6) is 0 Å². The quantitative estimate of drug-likeness (QED) is 0.762. The van der Waals surface area contributed by atoms with Gasteiger partial charge in [-0.3, -0.25) is 9.69 Å². The molecule has 1 saturated heterocycles. The Hall–Kier alpha value is -1.78. The van der Waals surface area contributed by atoms with E-state index in [1.165, 1.54) is 4.90 Å². The van der Waals surface area contributed by atoms with Crippen LogP contribution in [0.3, 0.4) is 0 Å². The van der Waals surface area contributed by atoms with Crippen molar-refractivity contribution in [2.75, 3.05) is 38.5 Å². The first-order chi connectivity index (χ1) is 12.1. The molecule has 2 aromatic carbocycles. The standard InChI is InChI=1S/C21H26N2OS/c1-17-14-18(2)16-19(15-17)21(24)23-10-8-22(9-11-23)12-13-25-20-6-4-3-5-7-20/h3-7,14-16H,8-13H2,1-2H3. The second kappa shape index (κ2) is 8.54. The molecule has 0 bridgehead atoms. The van der Waals surface area contributed by atoms with Gasteiger partial charge in [0.2, 0.25) is 0 Å². The van der Waals surface area contributed by atoms with Crippen molar-refractivity contribution >= 4 is 17.7 Å². The average Bonchev–Trinajstić information content (AvgIpc) is 2.62. The summed E-state index contributed by atoms with van der Waals surface area (Å²) in [5, 5.41) is 0. The maximum absolute atomic E-state index is 12.7. The molecule has 1 fully saturated rings. The van der Waals surface area contributed by atoms with Crippen molar-refractivity contribution < 1.29 is 4.79 Å². The van der Waals surface area contributed by atoms with Gasteiger partial charge in [0.25, 0.3) is 5.91 Å². The number of hydrogen-bond donors (Lipinski definition) is 0. The number of carbonyl (C=O) groups excluding carboxylic acids is 1. The van der Waals surface area contributed by atoms with Gasteiger partial charge in [-0.05, 0) is 38.1 Å². The molecule has 0 saturated carbocycles. The zero-order valence-corrected chi connectivity index (χ0v) is 15.9. The Bertz CT molecular complexity index is 689. The fourth-order valence-electron chi connectivity index (χ4n) is 3.26. The Balaban J connectivity index is 1.46. The third-order valence-electron chi connectivity index (χ3n) is 4.55. The maximum Gasteiger partial charge on any atom is 0.253 e. The number of aryl methyl sites for hydroxylation is 2. The van der Waals surface area contributed by atoms with Crippen molar-refractivity contribution in [1.29, 1.82) is 0 Å². The van der Waals surface area contributed by atoms with Gasteiger partial charge in [-0.1, -0.05) is 35.4 Å². The molecule has 0 unspecified atom stereocenters. The first-order valence-corrected chi connectivity index (χ1v) is 9.88. The third-order valence-corrected chi connectivity index (χ3v) is 5.54. The lowest BCUT2D eigenvalue weighted by Gasteiger charge is -2.34. The van der Waals surface area contributed by atoms with Crippen LogP contribution < -0.4 is 0 Å². The lowest BCUT2D eigenvalue weighted by Crippen LogP contribution is -2.49. The molecule has 3 rings (SSSR count). The fraction of sp³-hybridized carbons (Fsp3) is 0.381. The zero-order valence-electron chi connectivity index (χ0n) is 15.1. The molecule has 0 aromatic heterocycles. The van der Waals surface area contributed by atoms with Gasteiger partial charge >= 0.3 is 0 Å². The van der Waals surface area contributed by atoms with Crippen molar-refractivity contribution in [3.8, 4) is 0 Å². The van der Waals surface area contributed by atoms with E-state index < -0.39 is 0 Å². The van der Waals surface area contributed by atoms with Crippen molar-refractivity contribution in [2.45, 2.75) is 18.7 Å². The predicted octanol–water partition coefficient (Wildman–Crippen LogP) is 3.85. The Morgan fingerprint density at radius 3 is 2.24 bits per heavy atom. The molecule has 4 heteroatoms. The molecule has 0 radical (unpaired) electrons. The SMILES string of the molecule is Cc1cc(C)cc(C(=O)N2CCN(CCSc3ccccc3)CC2)c1. The Labute approximate surface area is 155 Å². The summed E-state index contributed by atoms with van der Waals surface area (Å²) in [5.41, 5.74) is 3.13. The van der Waals surface area contributed by atoms with E-state index in [1.807, 2.05) is 42.6 Å². The van der Waals surface area contributed by atoms with Crippen LogP contribution in [0, 0.1) is 13.8 Å². The molecule has 0 aliphatic carbocycles. The van der Waals surface area contributed by atoms with E-state index >= 15 is 0 Å². The summed E-state index contributed by atoms with van der Waals surface area (Å²) in [7, 11) is 0. The third kappa shape index (κ3) is 5.10. The highest BCUT2D eigenvalue weighted by Crippen LogP contribution is 2.18. The Morgan fingerprint density at radius 2 is 1.60 bits per heavy atom. The normalized spacial score (nSPS) is 15.4. The number of carbonyl (C=O) groups is 1. The number of thioether (sulfide) groups is 1. The van der Waals surface area contributed by atoms with E-state index in [4.69, 9.17) is 0 Å². The predicted molar refractivity (Wildman–Crippen MR) is 105 cm³/mol. The summed E-state index contributed by atoms with van der Waals surface area (Å²) < 4.78 is 0. The van der Waals surface area contributed by atoms with Crippen molar-refractivity contribution in [1.82, 2.24) is 9.80 Å². The molecular formula is C21H26N2OS. The molecule has 1 amide bonds. The van der Waals surface area contributed by atoms with Gasteiger partial charge < -0.3 is 4.90 Å². The molecular weight excluding hydrogens is 328 g/mol. The summed E-state index contributed by atoms with van der Waals surface area (Å²) in [6.45, 7) is 8.74. The number of piperazine rings is 1. The number of rotatable bonds is 5. The highest BCUT2D eigenvalue weighted by molar-refractivity contribution is 7.99. The number of nitrogens with zero attached hydrogens (tertiary/aromatic N) is 2. The average molecular weight is 355 g/mol. The minimum atomic E-state index is 0.171. The number of amides is 1. The molecule has 1 heterocycles. The van der Waals surface area contributed by atoms with E-state index in [0.29, 0.717) is 0 Å². The minimum Gasteiger partial charge on any atom is -0.336 e. The van der Waals surface area contributed by atoms with Crippen molar-refractivity contribution in [3.63, 3.8) is 0 Å². The van der Waals surface area contributed by atoms with Gasteiger partial charge in [0.05, 0.1) is 0 Å². The van der Waals surface area contributed by atoms with E-state index in [2.05, 4.69) is 41.3 Å². The van der Waals surface area contributed by atoms with Crippen molar-refractivity contribution in [2.24, 2.45) is 0 Å². The fourth-order valence-corrected chi connectivity index (χ4v) is 4.20. The van der Waals surface area contributed by atoms with Crippen LogP contribution in [0.2, 0.25) is 0 Å². The van der Waals surface area contributed by atoms with Crippen LogP contribution in [0.4, 0.5) is 0 Å². The molecule has 0 N–H and O–H groups in total. The molecule has 0 spiro atoms. The summed E-state index contributed by atoms with van der Waals surface area (Å²) in [6, 6.07) is 16.6. The van der Waals surface area contributed by atoms with Crippen LogP contribution in [-0.4, -0.2) is 54.2 Å². The van der Waals surface area contributed by atoms with E-state index in [9.17, 15) is 4.79 Å². The van der Waals surface area contributed by atoms with Gasteiger partial charge in [0.15, 0.2) is 0 Å². The first-order valence-electron chi connectivity index (χ1n) is 8.89. The smallest absolute Gasteiger partial charge is 0.253 e. The van der Waals surface area contributed by atoms with Gasteiger partial charge in [-0.25, -0.2) is 0 Å². The molecule has 3 nitrogen and oxygen atoms in total. The lowest BCUT2D eigenvalue weighted by molar-refractivity contribution is 0.0644. The van der Waals surface area contributed by atoms with Gasteiger partial charge in [-0.15, -0.1) is 11.8 Å². The topological polar surface area (TPSA) is 23.6 Å². The van der Waals surface area contributed by atoms with E-state index in [-0.39, 0.29) is 5.91 Å². The monoisotopic (exact) mass is 354 g/mol. The van der Waals surface area contributed by atoms with E-state index in [0.717, 1.165) is 55.2 Å². The molecule has 1 aliphatic heterocycles. The minimum absolute atomic E-state index is 0.171. The molecule has 25 heavy (non-hydrogen) atoms. The second-order valence-corrected chi connectivity index (χ2v) is 7.84.